The minimum Gasteiger partial charge on any atom is -0.456 e. The van der Waals surface area contributed by atoms with Crippen LogP contribution in [0.15, 0.2) is 84.9 Å². The Morgan fingerprint density at radius 1 is 0.857 bits per heavy atom. The summed E-state index contributed by atoms with van der Waals surface area (Å²) in [6.45, 7) is 7.45. The zero-order valence-electron chi connectivity index (χ0n) is 20.3. The first kappa shape index (κ1) is 24.0. The topological polar surface area (TPSA) is 70.4 Å². The van der Waals surface area contributed by atoms with Crippen LogP contribution in [0, 0.1) is 6.92 Å². The van der Waals surface area contributed by atoms with Crippen molar-refractivity contribution in [2.24, 2.45) is 0 Å². The summed E-state index contributed by atoms with van der Waals surface area (Å²) in [5.41, 5.74) is 3.91. The highest BCUT2D eigenvalue weighted by Gasteiger charge is 2.22. The summed E-state index contributed by atoms with van der Waals surface area (Å²) in [4.78, 5) is 25.2. The second-order valence-corrected chi connectivity index (χ2v) is 9.21. The van der Waals surface area contributed by atoms with Crippen molar-refractivity contribution >= 4 is 11.9 Å². The van der Waals surface area contributed by atoms with E-state index in [1.807, 2.05) is 88.4 Å². The quantitative estimate of drug-likeness (QED) is 0.258. The average molecular weight is 469 g/mol. The van der Waals surface area contributed by atoms with Gasteiger partial charge in [0, 0.05) is 5.56 Å². The molecule has 0 aliphatic rings. The third-order valence-electron chi connectivity index (χ3n) is 5.32. The lowest BCUT2D eigenvalue weighted by Crippen LogP contribution is -2.23. The van der Waals surface area contributed by atoms with Crippen LogP contribution in [-0.4, -0.2) is 27.3 Å². The van der Waals surface area contributed by atoms with E-state index in [0.29, 0.717) is 11.3 Å². The van der Waals surface area contributed by atoms with E-state index in [-0.39, 0.29) is 18.4 Å². The number of nitrogens with zero attached hydrogens (tertiary/aromatic N) is 2. The number of rotatable bonds is 6. The molecular weight excluding hydrogens is 440 g/mol. The molecule has 0 spiro atoms. The molecule has 0 bridgehead atoms. The minimum atomic E-state index is -0.565. The van der Waals surface area contributed by atoms with E-state index in [4.69, 9.17) is 14.6 Å². The molecule has 3 aromatic carbocycles. The Morgan fingerprint density at radius 3 is 2.06 bits per heavy atom. The van der Waals surface area contributed by atoms with Gasteiger partial charge in [0.1, 0.15) is 11.4 Å². The SMILES string of the molecule is Cc1c(-c2ccc(C(=O)OC(C)(C)C)cc2)nn(-c2ccccc2)c1CC(=O)Oc1ccccc1. The summed E-state index contributed by atoms with van der Waals surface area (Å²) in [6.07, 6.45) is 0.0542. The van der Waals surface area contributed by atoms with Gasteiger partial charge in [0.25, 0.3) is 0 Å². The zero-order valence-corrected chi connectivity index (χ0v) is 20.3. The van der Waals surface area contributed by atoms with Crippen LogP contribution < -0.4 is 4.74 Å². The van der Waals surface area contributed by atoms with Crippen LogP contribution in [0.1, 0.15) is 42.4 Å². The van der Waals surface area contributed by atoms with Gasteiger partial charge in [-0.3, -0.25) is 4.79 Å². The fraction of sp³-hybridized carbons (Fsp3) is 0.207. The highest BCUT2D eigenvalue weighted by molar-refractivity contribution is 5.90. The normalized spacial score (nSPS) is 11.2. The van der Waals surface area contributed by atoms with Gasteiger partial charge in [-0.05, 0) is 69.7 Å². The van der Waals surface area contributed by atoms with E-state index in [9.17, 15) is 9.59 Å². The predicted octanol–water partition coefficient (Wildman–Crippen LogP) is 5.95. The third-order valence-corrected chi connectivity index (χ3v) is 5.32. The zero-order chi connectivity index (χ0) is 25.0. The molecule has 6 nitrogen and oxygen atoms in total. The Hall–Kier alpha value is -4.19. The second-order valence-electron chi connectivity index (χ2n) is 9.21. The van der Waals surface area contributed by atoms with Gasteiger partial charge < -0.3 is 9.47 Å². The number of esters is 2. The maximum atomic E-state index is 12.8. The van der Waals surface area contributed by atoms with Gasteiger partial charge in [-0.15, -0.1) is 0 Å². The molecule has 0 radical (unpaired) electrons. The molecule has 0 saturated carbocycles. The number of benzene rings is 3. The molecule has 4 aromatic rings. The van der Waals surface area contributed by atoms with Crippen LogP contribution in [0.3, 0.4) is 0 Å². The highest BCUT2D eigenvalue weighted by atomic mass is 16.6. The van der Waals surface area contributed by atoms with E-state index in [0.717, 1.165) is 28.2 Å². The van der Waals surface area contributed by atoms with Gasteiger partial charge in [0.15, 0.2) is 0 Å². The van der Waals surface area contributed by atoms with E-state index < -0.39 is 5.60 Å². The molecule has 1 aromatic heterocycles. The molecular formula is C29H28N2O4. The molecule has 178 valence electrons. The maximum absolute atomic E-state index is 12.8. The molecule has 0 aliphatic heterocycles. The molecule has 0 aliphatic carbocycles. The highest BCUT2D eigenvalue weighted by Crippen LogP contribution is 2.28. The van der Waals surface area contributed by atoms with Crippen LogP contribution in [0.5, 0.6) is 5.75 Å². The van der Waals surface area contributed by atoms with Crippen molar-refractivity contribution in [3.63, 3.8) is 0 Å². The Morgan fingerprint density at radius 2 is 1.46 bits per heavy atom. The second kappa shape index (κ2) is 9.97. The van der Waals surface area contributed by atoms with Gasteiger partial charge in [-0.2, -0.15) is 5.10 Å². The largest absolute Gasteiger partial charge is 0.456 e. The average Bonchev–Trinajstić information content (AvgIpc) is 3.15. The Bertz CT molecular complexity index is 1320. The van der Waals surface area contributed by atoms with Crippen LogP contribution in [0.4, 0.5) is 0 Å². The van der Waals surface area contributed by atoms with Crippen LogP contribution in [0.25, 0.3) is 16.9 Å². The predicted molar refractivity (Wildman–Crippen MR) is 135 cm³/mol. The number of carbonyl (C=O) groups excluding carboxylic acids is 2. The monoisotopic (exact) mass is 468 g/mol. The first-order valence-electron chi connectivity index (χ1n) is 11.4. The fourth-order valence-electron chi connectivity index (χ4n) is 3.69. The summed E-state index contributed by atoms with van der Waals surface area (Å²) < 4.78 is 12.8. The lowest BCUT2D eigenvalue weighted by molar-refractivity contribution is -0.133. The lowest BCUT2D eigenvalue weighted by atomic mass is 10.0. The lowest BCUT2D eigenvalue weighted by Gasteiger charge is -2.19. The molecule has 0 unspecified atom stereocenters. The van der Waals surface area contributed by atoms with E-state index in [1.54, 1.807) is 28.9 Å². The molecule has 0 atom stereocenters. The molecule has 6 heteroatoms. The van der Waals surface area contributed by atoms with Crippen molar-refractivity contribution in [2.45, 2.75) is 39.7 Å². The van der Waals surface area contributed by atoms with Gasteiger partial charge in [-0.1, -0.05) is 48.5 Å². The summed E-state index contributed by atoms with van der Waals surface area (Å²) in [5.74, 6) is -0.248. The van der Waals surface area contributed by atoms with Gasteiger partial charge >= 0.3 is 11.9 Å². The van der Waals surface area contributed by atoms with E-state index in [2.05, 4.69) is 0 Å². The smallest absolute Gasteiger partial charge is 0.338 e. The van der Waals surface area contributed by atoms with Crippen LogP contribution in [0.2, 0.25) is 0 Å². The molecule has 0 fully saturated rings. The standard InChI is InChI=1S/C29H28N2O4/c1-20-25(19-26(32)34-24-13-9-6-10-14-24)31(23-11-7-5-8-12-23)30-27(20)21-15-17-22(18-16-21)28(33)35-29(2,3)4/h5-18H,19H2,1-4H3. The summed E-state index contributed by atoms with van der Waals surface area (Å²) in [6, 6.07) is 25.8. The number of carbonyl (C=O) groups is 2. The molecule has 1 heterocycles. The van der Waals surface area contributed by atoms with Crippen molar-refractivity contribution < 1.29 is 19.1 Å². The van der Waals surface area contributed by atoms with Crippen molar-refractivity contribution in [1.82, 2.24) is 9.78 Å². The molecule has 0 saturated heterocycles. The summed E-state index contributed by atoms with van der Waals surface area (Å²) in [5, 5.41) is 4.84. The molecule has 4 rings (SSSR count). The number of aromatic nitrogens is 2. The van der Waals surface area contributed by atoms with E-state index >= 15 is 0 Å². The Labute approximate surface area is 205 Å². The van der Waals surface area contributed by atoms with Crippen molar-refractivity contribution in [2.75, 3.05) is 0 Å². The summed E-state index contributed by atoms with van der Waals surface area (Å²) in [7, 11) is 0. The number of para-hydroxylation sites is 2. The fourth-order valence-corrected chi connectivity index (χ4v) is 3.69. The number of hydrogen-bond acceptors (Lipinski definition) is 5. The first-order valence-corrected chi connectivity index (χ1v) is 11.4. The van der Waals surface area contributed by atoms with Crippen LogP contribution >= 0.6 is 0 Å². The van der Waals surface area contributed by atoms with Crippen LogP contribution in [-0.2, 0) is 16.0 Å². The summed E-state index contributed by atoms with van der Waals surface area (Å²) >= 11 is 0. The van der Waals surface area contributed by atoms with Gasteiger partial charge in [0.05, 0.1) is 29.1 Å². The molecule has 35 heavy (non-hydrogen) atoms. The first-order chi connectivity index (χ1) is 16.7. The van der Waals surface area contributed by atoms with Crippen molar-refractivity contribution in [1.29, 1.82) is 0 Å². The molecule has 0 N–H and O–H groups in total. The minimum absolute atomic E-state index is 0.0542. The number of hydrogen-bond donors (Lipinski definition) is 0. The molecule has 0 amide bonds. The van der Waals surface area contributed by atoms with Gasteiger partial charge in [-0.25, -0.2) is 9.48 Å². The van der Waals surface area contributed by atoms with Crippen molar-refractivity contribution in [3.8, 4) is 22.7 Å². The van der Waals surface area contributed by atoms with E-state index in [1.165, 1.54) is 0 Å². The number of ether oxygens (including phenoxy) is 2. The van der Waals surface area contributed by atoms with Crippen molar-refractivity contribution in [3.05, 3.63) is 102 Å². The Kier molecular flexibility index (Phi) is 6.82. The maximum Gasteiger partial charge on any atom is 0.338 e. The Balaban J connectivity index is 1.66. The van der Waals surface area contributed by atoms with Gasteiger partial charge in [0.2, 0.25) is 0 Å². The third kappa shape index (κ3) is 5.84.